The Morgan fingerprint density at radius 3 is 3.26 bits per heavy atom. The van der Waals surface area contributed by atoms with Crippen molar-refractivity contribution in [3.8, 4) is 0 Å². The number of carbonyl (C=O) groups excluding carboxylic acids is 1. The maximum absolute atomic E-state index is 11.7. The molecule has 1 atom stereocenters. The summed E-state index contributed by atoms with van der Waals surface area (Å²) in [6.45, 7) is 2.74. The van der Waals surface area contributed by atoms with Crippen LogP contribution in [-0.2, 0) is 15.3 Å². The predicted octanol–water partition coefficient (Wildman–Crippen LogP) is 1.01. The number of amides is 1. The molecular formula is C13H20N2O3S. The zero-order valence-electron chi connectivity index (χ0n) is 10.9. The second kappa shape index (κ2) is 8.24. The van der Waals surface area contributed by atoms with E-state index in [-0.39, 0.29) is 12.0 Å². The van der Waals surface area contributed by atoms with Crippen molar-refractivity contribution < 1.29 is 13.9 Å². The van der Waals surface area contributed by atoms with Crippen molar-refractivity contribution in [1.82, 2.24) is 10.6 Å². The largest absolute Gasteiger partial charge is 0.468 e. The molecule has 1 amide bonds. The van der Waals surface area contributed by atoms with Crippen LogP contribution in [-0.4, -0.2) is 44.0 Å². The fourth-order valence-corrected chi connectivity index (χ4v) is 2.66. The topological polar surface area (TPSA) is 63.5 Å². The van der Waals surface area contributed by atoms with Crippen molar-refractivity contribution in [2.75, 3.05) is 32.0 Å². The third kappa shape index (κ3) is 5.26. The molecule has 1 aromatic rings. The first-order valence-corrected chi connectivity index (χ1v) is 7.72. The van der Waals surface area contributed by atoms with Gasteiger partial charge in [-0.25, -0.2) is 0 Å². The van der Waals surface area contributed by atoms with Crippen LogP contribution in [0.2, 0.25) is 0 Å². The van der Waals surface area contributed by atoms with Crippen LogP contribution in [0.25, 0.3) is 0 Å². The minimum Gasteiger partial charge on any atom is -0.468 e. The zero-order valence-corrected chi connectivity index (χ0v) is 11.7. The molecule has 19 heavy (non-hydrogen) atoms. The van der Waals surface area contributed by atoms with Crippen LogP contribution in [0.1, 0.15) is 12.2 Å². The molecule has 0 spiro atoms. The molecular weight excluding hydrogens is 264 g/mol. The van der Waals surface area contributed by atoms with Crippen LogP contribution >= 0.6 is 11.8 Å². The van der Waals surface area contributed by atoms with Crippen molar-refractivity contribution in [3.63, 3.8) is 0 Å². The lowest BCUT2D eigenvalue weighted by molar-refractivity contribution is -0.134. The highest BCUT2D eigenvalue weighted by atomic mass is 32.2. The van der Waals surface area contributed by atoms with E-state index in [1.807, 2.05) is 23.9 Å². The van der Waals surface area contributed by atoms with Crippen LogP contribution in [0, 0.1) is 0 Å². The van der Waals surface area contributed by atoms with Gasteiger partial charge in [-0.2, -0.15) is 11.8 Å². The van der Waals surface area contributed by atoms with E-state index in [1.54, 1.807) is 6.26 Å². The molecule has 0 saturated carbocycles. The average molecular weight is 284 g/mol. The molecule has 0 aliphatic carbocycles. The van der Waals surface area contributed by atoms with Crippen LogP contribution in [0.3, 0.4) is 0 Å². The van der Waals surface area contributed by atoms with Crippen molar-refractivity contribution in [2.24, 2.45) is 0 Å². The second-order valence-electron chi connectivity index (χ2n) is 4.34. The summed E-state index contributed by atoms with van der Waals surface area (Å²) in [5, 5.41) is 6.05. The van der Waals surface area contributed by atoms with Gasteiger partial charge in [-0.15, -0.1) is 0 Å². The van der Waals surface area contributed by atoms with Crippen LogP contribution in [0.15, 0.2) is 22.8 Å². The Labute approximate surface area is 117 Å². The third-order valence-corrected chi connectivity index (χ3v) is 3.88. The van der Waals surface area contributed by atoms with Crippen LogP contribution < -0.4 is 10.6 Å². The number of rotatable bonds is 7. The summed E-state index contributed by atoms with van der Waals surface area (Å²) in [4.78, 5) is 11.7. The molecule has 0 radical (unpaired) electrons. The summed E-state index contributed by atoms with van der Waals surface area (Å²) in [5.41, 5.74) is 0. The molecule has 1 aromatic heterocycles. The van der Waals surface area contributed by atoms with E-state index in [0.717, 1.165) is 30.2 Å². The first kappa shape index (κ1) is 14.4. The Morgan fingerprint density at radius 1 is 1.58 bits per heavy atom. The quantitative estimate of drug-likeness (QED) is 0.732. The van der Waals surface area contributed by atoms with Crippen molar-refractivity contribution in [1.29, 1.82) is 0 Å². The standard InChI is InChI=1S/C13H20N2O3S/c16-13(12-9-14-5-7-18-12)15-4-2-8-19-10-11-3-1-6-17-11/h1,3,6,12,14H,2,4-5,7-10H2,(H,15,16)/t12-/m0/s1. The van der Waals surface area contributed by atoms with Gasteiger partial charge in [0, 0.05) is 19.6 Å². The van der Waals surface area contributed by atoms with Gasteiger partial charge in [-0.1, -0.05) is 0 Å². The first-order chi connectivity index (χ1) is 9.36. The molecule has 1 saturated heterocycles. The maximum Gasteiger partial charge on any atom is 0.250 e. The lowest BCUT2D eigenvalue weighted by Crippen LogP contribution is -2.48. The number of hydrogen-bond donors (Lipinski definition) is 2. The van der Waals surface area contributed by atoms with E-state index < -0.39 is 0 Å². The van der Waals surface area contributed by atoms with E-state index in [0.29, 0.717) is 19.7 Å². The van der Waals surface area contributed by atoms with Crippen LogP contribution in [0.4, 0.5) is 0 Å². The van der Waals surface area contributed by atoms with Crippen molar-refractivity contribution in [3.05, 3.63) is 24.2 Å². The number of morpholine rings is 1. The summed E-state index contributed by atoms with van der Waals surface area (Å²) in [6.07, 6.45) is 2.32. The summed E-state index contributed by atoms with van der Waals surface area (Å²) in [6, 6.07) is 3.87. The van der Waals surface area contributed by atoms with Gasteiger partial charge in [0.15, 0.2) is 0 Å². The number of hydrogen-bond acceptors (Lipinski definition) is 5. The number of nitrogens with one attached hydrogen (secondary N) is 2. The fourth-order valence-electron chi connectivity index (χ4n) is 1.80. The third-order valence-electron chi connectivity index (χ3n) is 2.81. The minimum atomic E-state index is -0.329. The lowest BCUT2D eigenvalue weighted by atomic mass is 10.3. The monoisotopic (exact) mass is 284 g/mol. The van der Waals surface area contributed by atoms with E-state index in [9.17, 15) is 4.79 Å². The molecule has 2 rings (SSSR count). The summed E-state index contributed by atoms with van der Waals surface area (Å²) in [7, 11) is 0. The number of carbonyl (C=O) groups is 1. The molecule has 1 fully saturated rings. The summed E-state index contributed by atoms with van der Waals surface area (Å²) in [5.74, 6) is 2.88. The Morgan fingerprint density at radius 2 is 2.53 bits per heavy atom. The van der Waals surface area contributed by atoms with Crippen LogP contribution in [0.5, 0.6) is 0 Å². The van der Waals surface area contributed by atoms with Gasteiger partial charge >= 0.3 is 0 Å². The Hall–Kier alpha value is -0.980. The summed E-state index contributed by atoms with van der Waals surface area (Å²) >= 11 is 1.81. The Balaban J connectivity index is 1.48. The van der Waals surface area contributed by atoms with Gasteiger partial charge < -0.3 is 19.8 Å². The van der Waals surface area contributed by atoms with E-state index >= 15 is 0 Å². The van der Waals surface area contributed by atoms with E-state index in [2.05, 4.69) is 10.6 Å². The molecule has 106 valence electrons. The van der Waals surface area contributed by atoms with Gasteiger partial charge in [-0.05, 0) is 24.3 Å². The van der Waals surface area contributed by atoms with Gasteiger partial charge in [0.1, 0.15) is 11.9 Å². The van der Waals surface area contributed by atoms with Crippen molar-refractivity contribution in [2.45, 2.75) is 18.3 Å². The van der Waals surface area contributed by atoms with Gasteiger partial charge in [0.25, 0.3) is 0 Å². The number of furan rings is 1. The van der Waals surface area contributed by atoms with Gasteiger partial charge in [0.05, 0.1) is 18.6 Å². The van der Waals surface area contributed by atoms with E-state index in [1.165, 1.54) is 0 Å². The molecule has 0 aromatic carbocycles. The number of thioether (sulfide) groups is 1. The molecule has 2 heterocycles. The highest BCUT2D eigenvalue weighted by Crippen LogP contribution is 2.12. The number of ether oxygens (including phenoxy) is 1. The minimum absolute atomic E-state index is 0.0109. The van der Waals surface area contributed by atoms with Gasteiger partial charge in [-0.3, -0.25) is 4.79 Å². The maximum atomic E-state index is 11.7. The van der Waals surface area contributed by atoms with Gasteiger partial charge in [0.2, 0.25) is 5.91 Å². The molecule has 0 unspecified atom stereocenters. The molecule has 2 N–H and O–H groups in total. The highest BCUT2D eigenvalue weighted by molar-refractivity contribution is 7.98. The normalized spacial score (nSPS) is 19.3. The highest BCUT2D eigenvalue weighted by Gasteiger charge is 2.20. The molecule has 0 bridgehead atoms. The first-order valence-electron chi connectivity index (χ1n) is 6.56. The molecule has 1 aliphatic heterocycles. The average Bonchev–Trinajstić information content (AvgIpc) is 2.96. The Kier molecular flexibility index (Phi) is 6.26. The van der Waals surface area contributed by atoms with E-state index in [4.69, 9.17) is 9.15 Å². The van der Waals surface area contributed by atoms with Crippen molar-refractivity contribution >= 4 is 17.7 Å². The fraction of sp³-hybridized carbons (Fsp3) is 0.615. The molecule has 6 heteroatoms. The molecule has 5 nitrogen and oxygen atoms in total. The predicted molar refractivity (Wildman–Crippen MR) is 75.1 cm³/mol. The zero-order chi connectivity index (χ0) is 13.3. The lowest BCUT2D eigenvalue weighted by Gasteiger charge is -2.22. The SMILES string of the molecule is O=C(NCCCSCc1ccco1)[C@@H]1CNCCO1. The Bertz CT molecular complexity index is 364. The smallest absolute Gasteiger partial charge is 0.250 e. The summed E-state index contributed by atoms with van der Waals surface area (Å²) < 4.78 is 10.6. The molecule has 1 aliphatic rings. The second-order valence-corrected chi connectivity index (χ2v) is 5.45.